The largest absolute Gasteiger partial charge is 0.572 e. The summed E-state index contributed by atoms with van der Waals surface area (Å²) in [6.45, 7) is 6.09. The van der Waals surface area contributed by atoms with E-state index >= 15 is 0 Å². The number of alkyl halides is 3. The Hall–Kier alpha value is -2.25. The number of ether oxygens (including phenoxy) is 2. The minimum atomic E-state index is -4.66. The van der Waals surface area contributed by atoms with Crippen LogP contribution in [0, 0.1) is 5.92 Å². The fourth-order valence-corrected chi connectivity index (χ4v) is 1.06. The summed E-state index contributed by atoms with van der Waals surface area (Å²) in [5, 5.41) is 2.79. The molecule has 5 nitrogen and oxygen atoms in total. The number of nitrogens with zero attached hydrogens (tertiary/aromatic N) is 2. The van der Waals surface area contributed by atoms with Gasteiger partial charge in [-0.15, -0.1) is 13.2 Å². The molecule has 0 fully saturated rings. The van der Waals surface area contributed by atoms with Gasteiger partial charge in [-0.05, 0) is 30.6 Å². The number of nitrogens with one attached hydrogen (secondary N) is 1. The first-order chi connectivity index (χ1) is 10.7. The molecule has 0 heterocycles. The summed E-state index contributed by atoms with van der Waals surface area (Å²) >= 11 is 0. The van der Waals surface area contributed by atoms with Crippen molar-refractivity contribution >= 4 is 12.2 Å². The Labute approximate surface area is 134 Å². The van der Waals surface area contributed by atoms with Crippen LogP contribution in [0.1, 0.15) is 20.8 Å². The van der Waals surface area contributed by atoms with Gasteiger partial charge >= 0.3 is 12.4 Å². The molecule has 1 N–H and O–H groups in total. The quantitative estimate of drug-likeness (QED) is 0.334. The van der Waals surface area contributed by atoms with E-state index in [9.17, 15) is 13.2 Å². The molecular weight excluding hydrogens is 311 g/mol. The van der Waals surface area contributed by atoms with Gasteiger partial charge in [-0.1, -0.05) is 13.8 Å². The van der Waals surface area contributed by atoms with Crippen molar-refractivity contribution in [2.24, 2.45) is 15.9 Å². The monoisotopic (exact) mass is 333 g/mol. The first kappa shape index (κ1) is 20.8. The zero-order valence-corrected chi connectivity index (χ0v) is 13.6. The Balaban J connectivity index is 4.12. The SMILES string of the molecule is CN=C(N=CC(C)C)OC/C(C)=C/N/C=C/C=C/OC(F)(F)F. The van der Waals surface area contributed by atoms with Crippen LogP contribution in [-0.4, -0.2) is 32.3 Å². The third-order valence-electron chi connectivity index (χ3n) is 2.02. The summed E-state index contributed by atoms with van der Waals surface area (Å²) in [5.74, 6) is 0.299. The number of allylic oxidation sites excluding steroid dienone is 2. The smallest absolute Gasteiger partial charge is 0.459 e. The van der Waals surface area contributed by atoms with E-state index in [0.717, 1.165) is 11.6 Å². The second kappa shape index (κ2) is 11.3. The lowest BCUT2D eigenvalue weighted by atomic mass is 10.3. The Morgan fingerprint density at radius 3 is 2.52 bits per heavy atom. The summed E-state index contributed by atoms with van der Waals surface area (Å²) in [7, 11) is 1.59. The van der Waals surface area contributed by atoms with Gasteiger partial charge in [0.1, 0.15) is 6.61 Å². The van der Waals surface area contributed by atoms with Crippen molar-refractivity contribution in [3.63, 3.8) is 0 Å². The molecule has 0 aromatic carbocycles. The summed E-state index contributed by atoms with van der Waals surface area (Å²) in [4.78, 5) is 7.99. The number of rotatable bonds is 7. The van der Waals surface area contributed by atoms with Crippen molar-refractivity contribution in [2.75, 3.05) is 13.7 Å². The zero-order chi connectivity index (χ0) is 17.7. The molecule has 0 aliphatic heterocycles. The molecule has 0 atom stereocenters. The van der Waals surface area contributed by atoms with Crippen molar-refractivity contribution in [1.82, 2.24) is 5.32 Å². The van der Waals surface area contributed by atoms with E-state index in [-0.39, 0.29) is 12.6 Å². The Morgan fingerprint density at radius 1 is 1.26 bits per heavy atom. The Bertz CT molecular complexity index is 479. The molecule has 0 saturated heterocycles. The summed E-state index contributed by atoms with van der Waals surface area (Å²) in [6, 6.07) is 0.286. The van der Waals surface area contributed by atoms with Gasteiger partial charge in [0.2, 0.25) is 0 Å². The lowest BCUT2D eigenvalue weighted by molar-refractivity contribution is -0.298. The highest BCUT2D eigenvalue weighted by Gasteiger charge is 2.28. The second-order valence-electron chi connectivity index (χ2n) is 4.73. The number of amidine groups is 1. The lowest BCUT2D eigenvalue weighted by Crippen LogP contribution is -2.08. The third-order valence-corrected chi connectivity index (χ3v) is 2.02. The van der Waals surface area contributed by atoms with Crippen molar-refractivity contribution in [3.8, 4) is 0 Å². The highest BCUT2D eigenvalue weighted by atomic mass is 19.4. The third kappa shape index (κ3) is 14.5. The average molecular weight is 333 g/mol. The predicted molar refractivity (Wildman–Crippen MR) is 85.0 cm³/mol. The molecule has 0 amide bonds. The van der Waals surface area contributed by atoms with Gasteiger partial charge in [0.05, 0.1) is 6.26 Å². The van der Waals surface area contributed by atoms with Crippen LogP contribution in [-0.2, 0) is 9.47 Å². The fraction of sp³-hybridized carbons (Fsp3) is 0.467. The maximum absolute atomic E-state index is 11.7. The van der Waals surface area contributed by atoms with Crippen LogP contribution in [0.5, 0.6) is 0 Å². The Kier molecular flexibility index (Phi) is 10.2. The molecule has 0 saturated carbocycles. The van der Waals surface area contributed by atoms with Crippen LogP contribution in [0.4, 0.5) is 13.2 Å². The molecule has 0 aliphatic carbocycles. The first-order valence-electron chi connectivity index (χ1n) is 6.86. The molecule has 0 rings (SSSR count). The highest BCUT2D eigenvalue weighted by molar-refractivity contribution is 5.83. The average Bonchev–Trinajstić information content (AvgIpc) is 2.45. The molecule has 23 heavy (non-hydrogen) atoms. The minimum absolute atomic E-state index is 0.286. The molecule has 0 aromatic heterocycles. The first-order valence-corrected chi connectivity index (χ1v) is 6.86. The van der Waals surface area contributed by atoms with Crippen LogP contribution < -0.4 is 5.32 Å². The predicted octanol–water partition coefficient (Wildman–Crippen LogP) is 3.77. The van der Waals surface area contributed by atoms with Crippen LogP contribution in [0.3, 0.4) is 0 Å². The topological polar surface area (TPSA) is 55.2 Å². The van der Waals surface area contributed by atoms with Gasteiger partial charge in [-0.3, -0.25) is 0 Å². The van der Waals surface area contributed by atoms with E-state index in [0.29, 0.717) is 12.2 Å². The molecular formula is C15H22F3N3O2. The highest BCUT2D eigenvalue weighted by Crippen LogP contribution is 2.15. The van der Waals surface area contributed by atoms with Gasteiger partial charge in [0.15, 0.2) is 0 Å². The van der Waals surface area contributed by atoms with Crippen molar-refractivity contribution in [1.29, 1.82) is 0 Å². The van der Waals surface area contributed by atoms with E-state index in [1.807, 2.05) is 20.8 Å². The van der Waals surface area contributed by atoms with Gasteiger partial charge in [-0.25, -0.2) is 9.98 Å². The van der Waals surface area contributed by atoms with E-state index in [1.165, 1.54) is 12.3 Å². The van der Waals surface area contributed by atoms with Crippen LogP contribution in [0.15, 0.2) is 46.4 Å². The minimum Gasteiger partial charge on any atom is -0.459 e. The molecule has 0 aliphatic rings. The van der Waals surface area contributed by atoms with Gasteiger partial charge in [0.25, 0.3) is 0 Å². The maximum atomic E-state index is 11.7. The van der Waals surface area contributed by atoms with E-state index in [2.05, 4.69) is 20.0 Å². The normalized spacial score (nSPS) is 14.4. The van der Waals surface area contributed by atoms with E-state index in [1.54, 1.807) is 19.5 Å². The van der Waals surface area contributed by atoms with Gasteiger partial charge in [-0.2, -0.15) is 0 Å². The van der Waals surface area contributed by atoms with Crippen LogP contribution in [0.2, 0.25) is 0 Å². The number of hydrogen-bond donors (Lipinski definition) is 1. The van der Waals surface area contributed by atoms with Gasteiger partial charge < -0.3 is 14.8 Å². The van der Waals surface area contributed by atoms with E-state index in [4.69, 9.17) is 4.74 Å². The van der Waals surface area contributed by atoms with Crippen LogP contribution in [0.25, 0.3) is 0 Å². The lowest BCUT2D eigenvalue weighted by Gasteiger charge is -2.05. The molecule has 0 unspecified atom stereocenters. The number of aliphatic imine (C=N–C) groups is 2. The maximum Gasteiger partial charge on any atom is 0.572 e. The van der Waals surface area contributed by atoms with E-state index < -0.39 is 6.36 Å². The van der Waals surface area contributed by atoms with Crippen LogP contribution >= 0.6 is 0 Å². The zero-order valence-electron chi connectivity index (χ0n) is 13.6. The molecule has 0 aromatic rings. The van der Waals surface area contributed by atoms with Gasteiger partial charge in [0, 0.05) is 25.7 Å². The number of halogens is 3. The molecule has 0 radical (unpaired) electrons. The Morgan fingerprint density at radius 2 is 1.96 bits per heavy atom. The van der Waals surface area contributed by atoms with Crippen molar-refractivity contribution in [3.05, 3.63) is 36.4 Å². The second-order valence-corrected chi connectivity index (χ2v) is 4.73. The number of hydrogen-bond acceptors (Lipinski definition) is 4. The summed E-state index contributed by atoms with van der Waals surface area (Å²) in [5.41, 5.74) is 0.853. The van der Waals surface area contributed by atoms with Crippen molar-refractivity contribution in [2.45, 2.75) is 27.1 Å². The van der Waals surface area contributed by atoms with Crippen molar-refractivity contribution < 1.29 is 22.6 Å². The molecule has 8 heteroatoms. The fourth-order valence-electron chi connectivity index (χ4n) is 1.06. The summed E-state index contributed by atoms with van der Waals surface area (Å²) in [6.07, 6.45) is 3.19. The summed E-state index contributed by atoms with van der Waals surface area (Å²) < 4.78 is 43.8. The standard InChI is InChI=1S/C15H22F3N3O2/c1-12(2)9-21-14(19-4)22-11-13(3)10-20-7-5-6-8-23-15(16,17)18/h5-10,12,20H,11H2,1-4H3/b7-5+,8-6+,13-10+,19-14?,21-9?. The molecule has 0 spiro atoms. The molecule has 0 bridgehead atoms. The molecule has 130 valence electrons.